The summed E-state index contributed by atoms with van der Waals surface area (Å²) < 4.78 is 5.85. The Kier molecular flexibility index (Phi) is 5.68. The summed E-state index contributed by atoms with van der Waals surface area (Å²) in [5, 5.41) is 0. The quantitative estimate of drug-likeness (QED) is 0.713. The Morgan fingerprint density at radius 2 is 1.80 bits per heavy atom. The van der Waals surface area contributed by atoms with E-state index in [9.17, 15) is 14.4 Å². The second kappa shape index (κ2) is 8.40. The van der Waals surface area contributed by atoms with Crippen molar-refractivity contribution >= 4 is 17.7 Å². The number of ether oxygens (including phenoxy) is 1. The first-order valence-electron chi connectivity index (χ1n) is 10.4. The van der Waals surface area contributed by atoms with Crippen LogP contribution in [-0.4, -0.2) is 53.8 Å². The Labute approximate surface area is 176 Å². The maximum atomic E-state index is 13.1. The lowest BCUT2D eigenvalue weighted by Gasteiger charge is -2.33. The summed E-state index contributed by atoms with van der Waals surface area (Å²) in [6, 6.07) is 14.6. The molecule has 0 aliphatic carbocycles. The molecular weight excluding hydrogens is 380 g/mol. The number of amides is 3. The van der Waals surface area contributed by atoms with Crippen molar-refractivity contribution in [3.8, 4) is 0 Å². The molecule has 2 heterocycles. The van der Waals surface area contributed by atoms with Gasteiger partial charge in [0, 0.05) is 18.7 Å². The zero-order valence-corrected chi connectivity index (χ0v) is 17.3. The van der Waals surface area contributed by atoms with Crippen molar-refractivity contribution in [2.75, 3.05) is 26.2 Å². The maximum absolute atomic E-state index is 13.1. The van der Waals surface area contributed by atoms with Crippen LogP contribution < -0.4 is 0 Å². The van der Waals surface area contributed by atoms with Crippen molar-refractivity contribution in [1.29, 1.82) is 0 Å². The first-order chi connectivity index (χ1) is 14.5. The number of carbonyl (C=O) groups is 3. The van der Waals surface area contributed by atoms with Crippen LogP contribution in [0.1, 0.15) is 63.0 Å². The van der Waals surface area contributed by atoms with Gasteiger partial charge < -0.3 is 9.64 Å². The fourth-order valence-electron chi connectivity index (χ4n) is 3.90. The SMILES string of the molecule is CC(C)CCN1C(=O)c2ccc(C(=O)N3CCO[C@H](c4ccccc4)C3)cc2C1=O. The van der Waals surface area contributed by atoms with Gasteiger partial charge in [-0.1, -0.05) is 44.2 Å². The number of hydrogen-bond donors (Lipinski definition) is 0. The van der Waals surface area contributed by atoms with Gasteiger partial charge in [-0.05, 0) is 36.1 Å². The highest BCUT2D eigenvalue weighted by Gasteiger charge is 2.36. The summed E-state index contributed by atoms with van der Waals surface area (Å²) in [5.41, 5.74) is 2.16. The Morgan fingerprint density at radius 1 is 1.07 bits per heavy atom. The number of fused-ring (bicyclic) bond motifs is 1. The van der Waals surface area contributed by atoms with Crippen molar-refractivity contribution in [2.45, 2.75) is 26.4 Å². The summed E-state index contributed by atoms with van der Waals surface area (Å²) in [5.74, 6) is -0.340. The van der Waals surface area contributed by atoms with Crippen LogP contribution >= 0.6 is 0 Å². The van der Waals surface area contributed by atoms with Crippen molar-refractivity contribution in [2.24, 2.45) is 5.92 Å². The van der Waals surface area contributed by atoms with Gasteiger partial charge in [-0.15, -0.1) is 0 Å². The summed E-state index contributed by atoms with van der Waals surface area (Å²) in [6.45, 7) is 5.91. The Bertz CT molecular complexity index is 970. The van der Waals surface area contributed by atoms with Crippen LogP contribution in [0, 0.1) is 5.92 Å². The van der Waals surface area contributed by atoms with Crippen LogP contribution in [0.5, 0.6) is 0 Å². The van der Waals surface area contributed by atoms with E-state index in [1.165, 1.54) is 4.90 Å². The van der Waals surface area contributed by atoms with E-state index in [1.807, 2.05) is 30.3 Å². The van der Waals surface area contributed by atoms with E-state index < -0.39 is 0 Å². The summed E-state index contributed by atoms with van der Waals surface area (Å²) >= 11 is 0. The fraction of sp³-hybridized carbons (Fsp3) is 0.375. The van der Waals surface area contributed by atoms with Crippen LogP contribution in [-0.2, 0) is 4.74 Å². The number of imide groups is 1. The average Bonchev–Trinajstić information content (AvgIpc) is 3.01. The third kappa shape index (κ3) is 3.87. The van der Waals surface area contributed by atoms with E-state index in [-0.39, 0.29) is 23.8 Å². The first-order valence-corrected chi connectivity index (χ1v) is 10.4. The van der Waals surface area contributed by atoms with Gasteiger partial charge in [0.15, 0.2) is 0 Å². The van der Waals surface area contributed by atoms with Crippen LogP contribution in [0.15, 0.2) is 48.5 Å². The maximum Gasteiger partial charge on any atom is 0.261 e. The van der Waals surface area contributed by atoms with E-state index in [0.717, 1.165) is 12.0 Å². The smallest absolute Gasteiger partial charge is 0.261 e. The highest BCUT2D eigenvalue weighted by atomic mass is 16.5. The first kappa shape index (κ1) is 20.3. The highest BCUT2D eigenvalue weighted by Crippen LogP contribution is 2.27. The third-order valence-corrected chi connectivity index (χ3v) is 5.67. The molecule has 30 heavy (non-hydrogen) atoms. The minimum atomic E-state index is -0.311. The van der Waals surface area contributed by atoms with E-state index in [0.29, 0.717) is 48.8 Å². The number of nitrogens with zero attached hydrogens (tertiary/aromatic N) is 2. The van der Waals surface area contributed by atoms with Gasteiger partial charge in [-0.2, -0.15) is 0 Å². The van der Waals surface area contributed by atoms with Crippen molar-refractivity contribution in [3.63, 3.8) is 0 Å². The van der Waals surface area contributed by atoms with Crippen LogP contribution in [0.3, 0.4) is 0 Å². The van der Waals surface area contributed by atoms with Crippen molar-refractivity contribution in [3.05, 3.63) is 70.8 Å². The number of rotatable bonds is 5. The number of benzene rings is 2. The van der Waals surface area contributed by atoms with E-state index in [4.69, 9.17) is 4.74 Å². The molecule has 0 unspecified atom stereocenters. The van der Waals surface area contributed by atoms with Crippen LogP contribution in [0.25, 0.3) is 0 Å². The molecular formula is C24H26N2O4. The van der Waals surface area contributed by atoms with Crippen LogP contribution in [0.2, 0.25) is 0 Å². The molecule has 6 nitrogen and oxygen atoms in total. The van der Waals surface area contributed by atoms with E-state index >= 15 is 0 Å². The lowest BCUT2D eigenvalue weighted by atomic mass is 10.0. The molecule has 0 bridgehead atoms. The van der Waals surface area contributed by atoms with Crippen molar-refractivity contribution < 1.29 is 19.1 Å². The molecule has 2 aromatic rings. The molecule has 4 rings (SSSR count). The molecule has 0 spiro atoms. The standard InChI is InChI=1S/C24H26N2O4/c1-16(2)10-11-26-23(28)19-9-8-18(14-20(19)24(26)29)22(27)25-12-13-30-21(15-25)17-6-4-3-5-7-17/h3-9,14,16,21H,10-13,15H2,1-2H3/t21-/m0/s1. The summed E-state index contributed by atoms with van der Waals surface area (Å²) in [6.07, 6.45) is 0.583. The molecule has 3 amide bonds. The normalized spacial score (nSPS) is 18.8. The topological polar surface area (TPSA) is 66.9 Å². The van der Waals surface area contributed by atoms with Gasteiger partial charge in [0.05, 0.1) is 24.3 Å². The molecule has 0 aromatic heterocycles. The number of morpholine rings is 1. The molecule has 2 aliphatic rings. The molecule has 1 fully saturated rings. The molecule has 156 valence electrons. The minimum Gasteiger partial charge on any atom is -0.370 e. The molecule has 1 atom stereocenters. The zero-order chi connectivity index (χ0) is 21.3. The average molecular weight is 406 g/mol. The highest BCUT2D eigenvalue weighted by molar-refractivity contribution is 6.22. The number of carbonyl (C=O) groups excluding carboxylic acids is 3. The third-order valence-electron chi connectivity index (χ3n) is 5.67. The van der Waals surface area contributed by atoms with Gasteiger partial charge in [0.25, 0.3) is 17.7 Å². The van der Waals surface area contributed by atoms with Crippen molar-refractivity contribution in [1.82, 2.24) is 9.80 Å². The molecule has 0 radical (unpaired) electrons. The van der Waals surface area contributed by atoms with Gasteiger partial charge >= 0.3 is 0 Å². The Hall–Kier alpha value is -2.99. The monoisotopic (exact) mass is 406 g/mol. The zero-order valence-electron chi connectivity index (χ0n) is 17.3. The van der Waals surface area contributed by atoms with Gasteiger partial charge in [0.2, 0.25) is 0 Å². The molecule has 2 aromatic carbocycles. The largest absolute Gasteiger partial charge is 0.370 e. The second-order valence-electron chi connectivity index (χ2n) is 8.23. The molecule has 1 saturated heterocycles. The van der Waals surface area contributed by atoms with Crippen LogP contribution in [0.4, 0.5) is 0 Å². The molecule has 0 saturated carbocycles. The predicted molar refractivity (Wildman–Crippen MR) is 112 cm³/mol. The minimum absolute atomic E-state index is 0.150. The lowest BCUT2D eigenvalue weighted by Crippen LogP contribution is -2.42. The predicted octanol–water partition coefficient (Wildman–Crippen LogP) is 3.54. The fourth-order valence-corrected chi connectivity index (χ4v) is 3.90. The molecule has 6 heteroatoms. The van der Waals surface area contributed by atoms with Gasteiger partial charge in [0.1, 0.15) is 6.10 Å². The summed E-state index contributed by atoms with van der Waals surface area (Å²) in [7, 11) is 0. The Morgan fingerprint density at radius 3 is 2.53 bits per heavy atom. The number of hydrogen-bond acceptors (Lipinski definition) is 4. The lowest BCUT2D eigenvalue weighted by molar-refractivity contribution is -0.0228. The molecule has 0 N–H and O–H groups in total. The van der Waals surface area contributed by atoms with E-state index in [2.05, 4.69) is 13.8 Å². The van der Waals surface area contributed by atoms with Gasteiger partial charge in [-0.3, -0.25) is 19.3 Å². The second-order valence-corrected chi connectivity index (χ2v) is 8.23. The summed E-state index contributed by atoms with van der Waals surface area (Å²) in [4.78, 5) is 41.5. The molecule has 2 aliphatic heterocycles. The van der Waals surface area contributed by atoms with E-state index in [1.54, 1.807) is 23.1 Å². The Balaban J connectivity index is 1.51. The van der Waals surface area contributed by atoms with Gasteiger partial charge in [-0.25, -0.2) is 0 Å².